The molecule has 0 saturated carbocycles. The SMILES string of the molecule is C=NC(C)(C)C=NC(C)C. The molecule has 0 aliphatic carbocycles. The monoisotopic (exact) mass is 140 g/mol. The molecule has 0 aromatic carbocycles. The number of hydrogen-bond donors (Lipinski definition) is 0. The fourth-order valence-corrected chi connectivity index (χ4v) is 0.372. The van der Waals surface area contributed by atoms with Crippen molar-refractivity contribution in [2.24, 2.45) is 9.98 Å². The zero-order valence-electron chi connectivity index (χ0n) is 7.26. The fraction of sp³-hybridized carbons (Fsp3) is 0.750. The average molecular weight is 140 g/mol. The molecule has 0 fully saturated rings. The van der Waals surface area contributed by atoms with Gasteiger partial charge in [0.1, 0.15) is 0 Å². The summed E-state index contributed by atoms with van der Waals surface area (Å²) in [5, 5.41) is 0. The molecule has 0 radical (unpaired) electrons. The third-order valence-electron chi connectivity index (χ3n) is 1.10. The minimum Gasteiger partial charge on any atom is -0.292 e. The first-order chi connectivity index (χ1) is 4.48. The third-order valence-corrected chi connectivity index (χ3v) is 1.10. The third kappa shape index (κ3) is 4.24. The summed E-state index contributed by atoms with van der Waals surface area (Å²) >= 11 is 0. The van der Waals surface area contributed by atoms with Gasteiger partial charge in [0.05, 0.1) is 5.54 Å². The predicted molar refractivity (Wildman–Crippen MR) is 47.3 cm³/mol. The second kappa shape index (κ2) is 3.49. The molecule has 58 valence electrons. The molecule has 0 spiro atoms. The van der Waals surface area contributed by atoms with Crippen molar-refractivity contribution in [2.45, 2.75) is 39.3 Å². The van der Waals surface area contributed by atoms with Gasteiger partial charge in [-0.25, -0.2) is 0 Å². The van der Waals surface area contributed by atoms with Gasteiger partial charge in [0.25, 0.3) is 0 Å². The second-order valence-corrected chi connectivity index (χ2v) is 3.18. The lowest BCUT2D eigenvalue weighted by Crippen LogP contribution is -2.18. The van der Waals surface area contributed by atoms with Crippen LogP contribution in [0.3, 0.4) is 0 Å². The van der Waals surface area contributed by atoms with Gasteiger partial charge in [0.2, 0.25) is 0 Å². The Morgan fingerprint density at radius 2 is 1.90 bits per heavy atom. The van der Waals surface area contributed by atoms with Crippen molar-refractivity contribution in [3.8, 4) is 0 Å². The Bertz CT molecular complexity index is 134. The summed E-state index contributed by atoms with van der Waals surface area (Å²) in [6.07, 6.45) is 1.84. The maximum absolute atomic E-state index is 4.21. The van der Waals surface area contributed by atoms with E-state index in [9.17, 15) is 0 Å². The van der Waals surface area contributed by atoms with Gasteiger partial charge in [-0.1, -0.05) is 0 Å². The van der Waals surface area contributed by atoms with Crippen LogP contribution in [-0.4, -0.2) is 24.5 Å². The van der Waals surface area contributed by atoms with Crippen molar-refractivity contribution in [1.29, 1.82) is 0 Å². The molecule has 0 unspecified atom stereocenters. The van der Waals surface area contributed by atoms with Crippen LogP contribution in [-0.2, 0) is 0 Å². The summed E-state index contributed by atoms with van der Waals surface area (Å²) in [4.78, 5) is 8.10. The summed E-state index contributed by atoms with van der Waals surface area (Å²) in [5.41, 5.74) is -0.204. The molecule has 0 aliphatic heterocycles. The first-order valence-corrected chi connectivity index (χ1v) is 3.50. The summed E-state index contributed by atoms with van der Waals surface area (Å²) in [6.45, 7) is 11.5. The summed E-state index contributed by atoms with van der Waals surface area (Å²) < 4.78 is 0. The van der Waals surface area contributed by atoms with Crippen LogP contribution in [0.4, 0.5) is 0 Å². The molecule has 0 amide bonds. The van der Waals surface area contributed by atoms with Gasteiger partial charge in [0, 0.05) is 12.3 Å². The minimum atomic E-state index is -0.204. The molecule has 0 saturated heterocycles. The highest BCUT2D eigenvalue weighted by atomic mass is 14.9. The molecule has 0 atom stereocenters. The number of rotatable bonds is 3. The molecule has 0 aromatic heterocycles. The highest BCUT2D eigenvalue weighted by molar-refractivity contribution is 5.70. The molecule has 2 nitrogen and oxygen atoms in total. The van der Waals surface area contributed by atoms with E-state index in [1.165, 1.54) is 0 Å². The molecule has 0 bridgehead atoms. The maximum Gasteiger partial charge on any atom is 0.0889 e. The molecular formula is C8H16N2. The van der Waals surface area contributed by atoms with Crippen LogP contribution in [0.25, 0.3) is 0 Å². The number of nitrogens with zero attached hydrogens (tertiary/aromatic N) is 2. The number of hydrogen-bond acceptors (Lipinski definition) is 2. The van der Waals surface area contributed by atoms with Crippen molar-refractivity contribution in [3.05, 3.63) is 0 Å². The quantitative estimate of drug-likeness (QED) is 0.535. The average Bonchev–Trinajstić information content (AvgIpc) is 1.85. The normalized spacial score (nSPS) is 12.9. The lowest BCUT2D eigenvalue weighted by atomic mass is 10.1. The van der Waals surface area contributed by atoms with Gasteiger partial charge in [0.15, 0.2) is 0 Å². The van der Waals surface area contributed by atoms with Gasteiger partial charge in [-0.15, -0.1) is 0 Å². The number of aliphatic imine (C=N–C) groups is 2. The highest BCUT2D eigenvalue weighted by Crippen LogP contribution is 2.03. The Morgan fingerprint density at radius 1 is 1.40 bits per heavy atom. The first kappa shape index (κ1) is 9.34. The summed E-state index contributed by atoms with van der Waals surface area (Å²) in [6, 6.07) is 0.348. The standard InChI is InChI=1S/C8H16N2/c1-7(2)10-6-8(3,4)9-5/h6-7H,5H2,1-4H3. The van der Waals surface area contributed by atoms with Crippen molar-refractivity contribution in [2.75, 3.05) is 0 Å². The Hall–Kier alpha value is -0.660. The van der Waals surface area contributed by atoms with Crippen LogP contribution < -0.4 is 0 Å². The first-order valence-electron chi connectivity index (χ1n) is 3.50. The van der Waals surface area contributed by atoms with Crippen molar-refractivity contribution in [1.82, 2.24) is 0 Å². The zero-order valence-corrected chi connectivity index (χ0v) is 7.26. The van der Waals surface area contributed by atoms with E-state index in [1.54, 1.807) is 0 Å². The van der Waals surface area contributed by atoms with E-state index in [2.05, 4.69) is 16.7 Å². The van der Waals surface area contributed by atoms with Gasteiger partial charge in [-0.2, -0.15) is 0 Å². The van der Waals surface area contributed by atoms with E-state index in [-0.39, 0.29) is 5.54 Å². The zero-order chi connectivity index (χ0) is 8.20. The van der Waals surface area contributed by atoms with E-state index < -0.39 is 0 Å². The Balaban J connectivity index is 3.98. The molecule has 2 heteroatoms. The Morgan fingerprint density at radius 3 is 2.20 bits per heavy atom. The molecular weight excluding hydrogens is 124 g/mol. The van der Waals surface area contributed by atoms with Gasteiger partial charge in [-0.3, -0.25) is 9.98 Å². The van der Waals surface area contributed by atoms with Crippen molar-refractivity contribution >= 4 is 12.9 Å². The Labute approximate surface area is 63.1 Å². The van der Waals surface area contributed by atoms with E-state index in [4.69, 9.17) is 0 Å². The van der Waals surface area contributed by atoms with E-state index in [0.29, 0.717) is 6.04 Å². The minimum absolute atomic E-state index is 0.204. The highest BCUT2D eigenvalue weighted by Gasteiger charge is 2.09. The molecule has 0 aliphatic rings. The molecule has 0 aromatic rings. The molecule has 0 rings (SSSR count). The fourth-order valence-electron chi connectivity index (χ4n) is 0.372. The van der Waals surface area contributed by atoms with E-state index >= 15 is 0 Å². The van der Waals surface area contributed by atoms with Gasteiger partial charge in [-0.05, 0) is 34.4 Å². The van der Waals surface area contributed by atoms with Crippen LogP contribution in [0.1, 0.15) is 27.7 Å². The van der Waals surface area contributed by atoms with Crippen molar-refractivity contribution < 1.29 is 0 Å². The van der Waals surface area contributed by atoms with Gasteiger partial charge < -0.3 is 0 Å². The molecule has 0 heterocycles. The van der Waals surface area contributed by atoms with Crippen molar-refractivity contribution in [3.63, 3.8) is 0 Å². The lowest BCUT2D eigenvalue weighted by molar-refractivity contribution is 0.709. The topological polar surface area (TPSA) is 24.7 Å². The summed E-state index contributed by atoms with van der Waals surface area (Å²) in [5.74, 6) is 0. The molecule has 0 N–H and O–H groups in total. The second-order valence-electron chi connectivity index (χ2n) is 3.18. The predicted octanol–water partition coefficient (Wildman–Crippen LogP) is 1.94. The Kier molecular flexibility index (Phi) is 3.26. The largest absolute Gasteiger partial charge is 0.292 e. The van der Waals surface area contributed by atoms with Gasteiger partial charge >= 0.3 is 0 Å². The van der Waals surface area contributed by atoms with Crippen LogP contribution in [0.2, 0.25) is 0 Å². The maximum atomic E-state index is 4.21. The van der Waals surface area contributed by atoms with E-state index in [1.807, 2.05) is 33.9 Å². The van der Waals surface area contributed by atoms with Crippen LogP contribution >= 0.6 is 0 Å². The van der Waals surface area contributed by atoms with Crippen LogP contribution in [0.5, 0.6) is 0 Å². The van der Waals surface area contributed by atoms with E-state index in [0.717, 1.165) is 0 Å². The van der Waals surface area contributed by atoms with Crippen LogP contribution in [0.15, 0.2) is 9.98 Å². The van der Waals surface area contributed by atoms with Crippen LogP contribution in [0, 0.1) is 0 Å². The lowest BCUT2D eigenvalue weighted by Gasteiger charge is -2.11. The molecule has 10 heavy (non-hydrogen) atoms. The summed E-state index contributed by atoms with van der Waals surface area (Å²) in [7, 11) is 0. The smallest absolute Gasteiger partial charge is 0.0889 e.